The van der Waals surface area contributed by atoms with Gasteiger partial charge in [0.15, 0.2) is 0 Å². The average Bonchev–Trinajstić information content (AvgIpc) is 2.70. The number of nitrogens with zero attached hydrogens (tertiary/aromatic N) is 3. The van der Waals surface area contributed by atoms with Gasteiger partial charge in [-0.25, -0.2) is 4.98 Å². The number of fused-ring (bicyclic) bond motifs is 2. The standard InChI is InChI=1S/C21H24N4O3.ClH/c26-24(27)19-11-6-10-18-20(19)21(16-8-2-3-9-17(16)23-18)22-12-7-15-25(28)13-4-1-5-14-25;/h2-3,6,8-11H,1,4-5,7,12-15H2,(H,22,23);1H. The molecule has 29 heavy (non-hydrogen) atoms. The van der Waals surface area contributed by atoms with Crippen LogP contribution in [0.2, 0.25) is 0 Å². The van der Waals surface area contributed by atoms with Crippen molar-refractivity contribution in [1.82, 2.24) is 4.98 Å². The van der Waals surface area contributed by atoms with Crippen LogP contribution in [-0.2, 0) is 0 Å². The van der Waals surface area contributed by atoms with Crippen molar-refractivity contribution in [3.8, 4) is 0 Å². The Bertz CT molecular complexity index is 1020. The number of hydroxylamine groups is 3. The third kappa shape index (κ3) is 4.42. The lowest BCUT2D eigenvalue weighted by Gasteiger charge is -2.45. The molecule has 1 saturated heterocycles. The Labute approximate surface area is 175 Å². The van der Waals surface area contributed by atoms with Gasteiger partial charge in [0.05, 0.1) is 41.3 Å². The van der Waals surface area contributed by atoms with Crippen LogP contribution < -0.4 is 5.32 Å². The lowest BCUT2D eigenvalue weighted by molar-refractivity contribution is -0.885. The molecule has 3 aromatic rings. The molecular formula is C21H25ClN4O3. The maximum absolute atomic E-state index is 12.7. The van der Waals surface area contributed by atoms with Crippen LogP contribution >= 0.6 is 12.4 Å². The van der Waals surface area contributed by atoms with Crippen LogP contribution in [0.25, 0.3) is 21.8 Å². The zero-order valence-electron chi connectivity index (χ0n) is 16.2. The summed E-state index contributed by atoms with van der Waals surface area (Å²) >= 11 is 0. The molecule has 1 aromatic heterocycles. The van der Waals surface area contributed by atoms with E-state index >= 15 is 0 Å². The molecule has 2 heterocycles. The first-order valence-electron chi connectivity index (χ1n) is 9.84. The highest BCUT2D eigenvalue weighted by atomic mass is 35.5. The number of hydrogen-bond donors (Lipinski definition) is 1. The first-order chi connectivity index (χ1) is 13.6. The number of nitrogens with one attached hydrogen (secondary N) is 1. The van der Waals surface area contributed by atoms with Gasteiger partial charge in [-0.15, -0.1) is 12.4 Å². The largest absolute Gasteiger partial charge is 0.633 e. The van der Waals surface area contributed by atoms with Crippen LogP contribution in [0.1, 0.15) is 25.7 Å². The van der Waals surface area contributed by atoms with Crippen LogP contribution in [0.4, 0.5) is 11.4 Å². The number of para-hydroxylation sites is 1. The number of pyridine rings is 1. The van der Waals surface area contributed by atoms with E-state index in [9.17, 15) is 15.3 Å². The number of aromatic nitrogens is 1. The van der Waals surface area contributed by atoms with Gasteiger partial charge in [-0.1, -0.05) is 24.3 Å². The van der Waals surface area contributed by atoms with Crippen molar-refractivity contribution in [1.29, 1.82) is 0 Å². The van der Waals surface area contributed by atoms with Crippen LogP contribution in [0.5, 0.6) is 0 Å². The third-order valence-electron chi connectivity index (χ3n) is 5.56. The summed E-state index contributed by atoms with van der Waals surface area (Å²) in [7, 11) is 0. The number of likely N-dealkylation sites (tertiary alicyclic amines) is 1. The van der Waals surface area contributed by atoms with E-state index < -0.39 is 0 Å². The van der Waals surface area contributed by atoms with E-state index in [2.05, 4.69) is 10.3 Å². The summed E-state index contributed by atoms with van der Waals surface area (Å²) in [6.45, 7) is 2.58. The van der Waals surface area contributed by atoms with Crippen LogP contribution in [-0.4, -0.2) is 40.7 Å². The summed E-state index contributed by atoms with van der Waals surface area (Å²) < 4.78 is -0.111. The summed E-state index contributed by atoms with van der Waals surface area (Å²) in [6.07, 6.45) is 3.88. The molecule has 1 aliphatic rings. The summed E-state index contributed by atoms with van der Waals surface area (Å²) in [5.41, 5.74) is 2.16. The molecule has 1 fully saturated rings. The number of nitro groups is 1. The van der Waals surface area contributed by atoms with Gasteiger partial charge in [0.2, 0.25) is 0 Å². The highest BCUT2D eigenvalue weighted by Gasteiger charge is 2.21. The van der Waals surface area contributed by atoms with Gasteiger partial charge in [-0.3, -0.25) is 10.1 Å². The van der Waals surface area contributed by atoms with Crippen molar-refractivity contribution >= 4 is 45.6 Å². The number of non-ortho nitro benzene ring substituents is 1. The van der Waals surface area contributed by atoms with Crippen molar-refractivity contribution in [3.05, 3.63) is 57.8 Å². The second-order valence-electron chi connectivity index (χ2n) is 7.50. The Morgan fingerprint density at radius 1 is 1.03 bits per heavy atom. The van der Waals surface area contributed by atoms with E-state index in [0.717, 1.165) is 42.3 Å². The number of hydrogen-bond acceptors (Lipinski definition) is 5. The fourth-order valence-electron chi connectivity index (χ4n) is 4.15. The summed E-state index contributed by atoms with van der Waals surface area (Å²) in [5, 5.41) is 29.1. The molecule has 8 heteroatoms. The molecule has 0 radical (unpaired) electrons. The molecule has 0 saturated carbocycles. The van der Waals surface area contributed by atoms with Gasteiger partial charge >= 0.3 is 0 Å². The number of anilines is 1. The predicted molar refractivity (Wildman–Crippen MR) is 118 cm³/mol. The molecule has 2 aromatic carbocycles. The second kappa shape index (κ2) is 8.90. The van der Waals surface area contributed by atoms with Gasteiger partial charge < -0.3 is 15.2 Å². The molecule has 0 aliphatic carbocycles. The molecule has 0 atom stereocenters. The van der Waals surface area contributed by atoms with Gasteiger partial charge in [0.1, 0.15) is 5.39 Å². The van der Waals surface area contributed by atoms with Crippen molar-refractivity contribution < 1.29 is 9.57 Å². The van der Waals surface area contributed by atoms with E-state index in [1.165, 1.54) is 6.07 Å². The zero-order chi connectivity index (χ0) is 19.6. The molecule has 1 aliphatic heterocycles. The van der Waals surface area contributed by atoms with Crippen LogP contribution in [0, 0.1) is 15.3 Å². The third-order valence-corrected chi connectivity index (χ3v) is 5.56. The Morgan fingerprint density at radius 2 is 1.76 bits per heavy atom. The van der Waals surface area contributed by atoms with E-state index in [1.54, 1.807) is 12.1 Å². The quantitative estimate of drug-likeness (QED) is 0.152. The monoisotopic (exact) mass is 416 g/mol. The maximum atomic E-state index is 12.7. The van der Waals surface area contributed by atoms with E-state index in [0.29, 0.717) is 37.1 Å². The molecule has 7 nitrogen and oxygen atoms in total. The van der Waals surface area contributed by atoms with Gasteiger partial charge in [-0.05, 0) is 31.4 Å². The molecule has 154 valence electrons. The number of rotatable bonds is 6. The molecule has 0 unspecified atom stereocenters. The van der Waals surface area contributed by atoms with Crippen molar-refractivity contribution in [2.45, 2.75) is 25.7 Å². The molecule has 0 amide bonds. The minimum Gasteiger partial charge on any atom is -0.633 e. The summed E-state index contributed by atoms with van der Waals surface area (Å²) in [5.74, 6) is 0. The molecule has 0 bridgehead atoms. The summed E-state index contributed by atoms with van der Waals surface area (Å²) in [4.78, 5) is 15.8. The Balaban J connectivity index is 0.00000240. The second-order valence-corrected chi connectivity index (χ2v) is 7.50. The Hall–Kier alpha value is -2.48. The zero-order valence-corrected chi connectivity index (χ0v) is 17.0. The van der Waals surface area contributed by atoms with Crippen LogP contribution in [0.3, 0.4) is 0 Å². The highest BCUT2D eigenvalue weighted by Crippen LogP contribution is 2.36. The Morgan fingerprint density at radius 3 is 2.52 bits per heavy atom. The smallest absolute Gasteiger partial charge is 0.280 e. The minimum atomic E-state index is -0.366. The topological polar surface area (TPSA) is 91.1 Å². The van der Waals surface area contributed by atoms with Gasteiger partial charge in [-0.2, -0.15) is 0 Å². The number of piperidine rings is 1. The van der Waals surface area contributed by atoms with Crippen molar-refractivity contribution in [2.24, 2.45) is 0 Å². The lowest BCUT2D eigenvalue weighted by Crippen LogP contribution is -2.47. The average molecular weight is 417 g/mol. The SMILES string of the molecule is Cl.O=[N+]([O-])c1cccc2nc3ccccc3c(NCCC[N+]3([O-])CCCCC3)c12. The Kier molecular flexibility index (Phi) is 6.52. The predicted octanol–water partition coefficient (Wildman–Crippen LogP) is 5.02. The van der Waals surface area contributed by atoms with Gasteiger partial charge in [0, 0.05) is 24.4 Å². The number of nitro benzene ring substituents is 1. The number of quaternary nitrogens is 1. The first kappa shape index (κ1) is 21.2. The number of benzene rings is 2. The van der Waals surface area contributed by atoms with Crippen molar-refractivity contribution in [2.75, 3.05) is 31.5 Å². The molecule has 0 spiro atoms. The molecule has 4 rings (SSSR count). The highest BCUT2D eigenvalue weighted by molar-refractivity contribution is 6.11. The van der Waals surface area contributed by atoms with Gasteiger partial charge in [0.25, 0.3) is 5.69 Å². The first-order valence-corrected chi connectivity index (χ1v) is 9.84. The summed E-state index contributed by atoms with van der Waals surface area (Å²) in [6, 6.07) is 12.6. The maximum Gasteiger partial charge on any atom is 0.280 e. The molecule has 1 N–H and O–H groups in total. The molecular weight excluding hydrogens is 392 g/mol. The lowest BCUT2D eigenvalue weighted by atomic mass is 10.1. The fourth-order valence-corrected chi connectivity index (χ4v) is 4.15. The fraction of sp³-hybridized carbons (Fsp3) is 0.381. The normalized spacial score (nSPS) is 15.8. The van der Waals surface area contributed by atoms with E-state index in [1.807, 2.05) is 24.3 Å². The number of halogens is 1. The minimum absolute atomic E-state index is 0. The van der Waals surface area contributed by atoms with Crippen molar-refractivity contribution in [3.63, 3.8) is 0 Å². The van der Waals surface area contributed by atoms with E-state index in [-0.39, 0.29) is 27.7 Å². The van der Waals surface area contributed by atoms with Crippen LogP contribution in [0.15, 0.2) is 42.5 Å². The van der Waals surface area contributed by atoms with E-state index in [4.69, 9.17) is 0 Å².